The van der Waals surface area contributed by atoms with E-state index in [4.69, 9.17) is 0 Å². The molecule has 0 nitrogen and oxygen atoms in total. The number of rotatable bonds is 11. The zero-order valence-electron chi connectivity index (χ0n) is 70.5. The molecule has 0 aromatic heterocycles. The minimum Gasteiger partial charge on any atom is -0.0622 e. The Labute approximate surface area is 745 Å². The van der Waals surface area contributed by atoms with Crippen LogP contribution in [0.4, 0.5) is 0 Å². The van der Waals surface area contributed by atoms with Crippen LogP contribution in [0.15, 0.2) is 510 Å². The van der Waals surface area contributed by atoms with Gasteiger partial charge in [0.15, 0.2) is 0 Å². The van der Waals surface area contributed by atoms with Crippen LogP contribution in [0, 0.1) is 0 Å². The topological polar surface area (TPSA) is 0 Å². The van der Waals surface area contributed by atoms with Gasteiger partial charge in [-0.1, -0.05) is 461 Å². The van der Waals surface area contributed by atoms with E-state index in [-0.39, 0.29) is 0 Å². The van der Waals surface area contributed by atoms with Crippen molar-refractivity contribution in [2.75, 3.05) is 0 Å². The minimum absolute atomic E-state index is 1.22. The molecule has 0 heteroatoms. The van der Waals surface area contributed by atoms with Gasteiger partial charge in [-0.2, -0.15) is 0 Å². The van der Waals surface area contributed by atoms with Gasteiger partial charge in [-0.15, -0.1) is 0 Å². The van der Waals surface area contributed by atoms with Crippen LogP contribution in [0.2, 0.25) is 0 Å². The van der Waals surface area contributed by atoms with Gasteiger partial charge in [-0.25, -0.2) is 0 Å². The van der Waals surface area contributed by atoms with Crippen molar-refractivity contribution in [3.63, 3.8) is 0 Å². The summed E-state index contributed by atoms with van der Waals surface area (Å²) in [6.45, 7) is 0. The molecule has 0 saturated heterocycles. The Bertz CT molecular complexity index is 8290. The zero-order valence-corrected chi connectivity index (χ0v) is 70.5. The van der Waals surface area contributed by atoms with Gasteiger partial charge < -0.3 is 0 Å². The third-order valence-corrected chi connectivity index (χ3v) is 26.1. The van der Waals surface area contributed by atoms with Crippen LogP contribution >= 0.6 is 0 Å². The summed E-state index contributed by atoms with van der Waals surface area (Å²) in [7, 11) is 0. The molecule has 0 aliphatic carbocycles. The average Bonchev–Trinajstić information content (AvgIpc) is 0.735. The second-order valence-electron chi connectivity index (χ2n) is 33.4. The maximum atomic E-state index is 2.40. The lowest BCUT2D eigenvalue weighted by atomic mass is 9.83. The molecule has 0 spiro atoms. The number of hydrogen-bond donors (Lipinski definition) is 0. The Balaban J connectivity index is 0.000000110. The maximum absolute atomic E-state index is 2.40. The van der Waals surface area contributed by atoms with E-state index in [0.29, 0.717) is 0 Å². The Morgan fingerprint density at radius 2 is 0.328 bits per heavy atom. The Hall–Kier alpha value is -16.6. The van der Waals surface area contributed by atoms with E-state index < -0.39 is 0 Å². The van der Waals surface area contributed by atoms with Crippen LogP contribution in [0.3, 0.4) is 0 Å². The third-order valence-electron chi connectivity index (χ3n) is 26.1. The summed E-state index contributed by atoms with van der Waals surface area (Å²) < 4.78 is 0. The molecule has 0 aliphatic rings. The van der Waals surface area contributed by atoms with E-state index >= 15 is 0 Å². The predicted octanol–water partition coefficient (Wildman–Crippen LogP) is 36.1. The quantitative estimate of drug-likeness (QED) is 0.0894. The van der Waals surface area contributed by atoms with Gasteiger partial charge in [-0.3, -0.25) is 0 Å². The maximum Gasteiger partial charge on any atom is -0.00199 e. The van der Waals surface area contributed by atoms with Crippen molar-refractivity contribution in [2.24, 2.45) is 0 Å². The van der Waals surface area contributed by atoms with Crippen molar-refractivity contribution < 1.29 is 0 Å². The molecule has 25 aromatic carbocycles. The average molecular weight is 1620 g/mol. The van der Waals surface area contributed by atoms with Gasteiger partial charge in [0.25, 0.3) is 0 Å². The molecule has 25 aromatic rings. The smallest absolute Gasteiger partial charge is 0.00199 e. The minimum atomic E-state index is 1.22. The summed E-state index contributed by atoms with van der Waals surface area (Å²) in [6, 6.07) is 186. The van der Waals surface area contributed by atoms with E-state index in [9.17, 15) is 0 Å². The summed E-state index contributed by atoms with van der Waals surface area (Å²) in [5, 5.41) is 28.0. The summed E-state index contributed by atoms with van der Waals surface area (Å²) >= 11 is 0. The van der Waals surface area contributed by atoms with Crippen molar-refractivity contribution in [1.82, 2.24) is 0 Å². The van der Waals surface area contributed by atoms with Gasteiger partial charge in [0.05, 0.1) is 0 Å². The van der Waals surface area contributed by atoms with Gasteiger partial charge in [0.2, 0.25) is 0 Å². The Kier molecular flexibility index (Phi) is 19.8. The first kappa shape index (κ1) is 76.3. The third kappa shape index (κ3) is 13.9. The largest absolute Gasteiger partial charge is 0.0622 e. The fraction of sp³-hybridized carbons (Fsp3) is 0. The molecular weight excluding hydrogens is 1540 g/mol. The zero-order chi connectivity index (χ0) is 84.8. The lowest BCUT2D eigenvalue weighted by Crippen LogP contribution is -1.93. The van der Waals surface area contributed by atoms with Gasteiger partial charge in [0, 0.05) is 0 Å². The highest BCUT2D eigenvalue weighted by Crippen LogP contribution is 2.52. The highest BCUT2D eigenvalue weighted by molar-refractivity contribution is 6.29. The Morgan fingerprint density at radius 3 is 0.727 bits per heavy atom. The number of fused-ring (bicyclic) bond motifs is 12. The molecule has 0 radical (unpaired) electrons. The van der Waals surface area contributed by atoms with Crippen molar-refractivity contribution in [1.29, 1.82) is 0 Å². The van der Waals surface area contributed by atoms with E-state index in [1.807, 2.05) is 0 Å². The van der Waals surface area contributed by atoms with Crippen LogP contribution in [0.1, 0.15) is 0 Å². The highest BCUT2D eigenvalue weighted by atomic mass is 14.3. The van der Waals surface area contributed by atoms with Gasteiger partial charge >= 0.3 is 0 Å². The van der Waals surface area contributed by atoms with Crippen LogP contribution in [-0.4, -0.2) is 0 Å². The second kappa shape index (κ2) is 33.2. The monoisotopic (exact) mass is 1620 g/mol. The first-order valence-electron chi connectivity index (χ1n) is 44.3. The molecule has 0 fully saturated rings. The standard InChI is InChI=1S/C46H30.C42H28.C40H26/c1-3-15-31(16-4-1)34-27-35(32-17-5-2-6-18-32)29-36(28-34)45-40-23-11-13-25-42(40)46(43-26-14-12-24-41(43)45)44-30-33-19-7-8-20-37(33)38-21-9-10-22-39(38)44;1-3-14-29(15-4-1)32-26-33(30-16-5-2-6-17-30)28-34(27-32)41-37-21-9-11-23-39(37)42(40-24-12-10-22-38(40)41)36-25-13-19-31-18-7-8-20-35(31)36;1-2-13-28(14-3-1)39-34-18-8-10-20-36(34)40(37-21-11-9-19-35(37)39)38-25-24-31(32-16-6-7-17-33(32)38)30-23-22-27-12-4-5-15-29(27)26-30/h1-30H;1-28H;1-26H. The van der Waals surface area contributed by atoms with Gasteiger partial charge in [-0.05, 0) is 289 Å². The fourth-order valence-electron chi connectivity index (χ4n) is 20.4. The molecule has 596 valence electrons. The molecule has 0 atom stereocenters. The molecule has 128 heavy (non-hydrogen) atoms. The first-order chi connectivity index (χ1) is 63.5. The molecule has 0 saturated carbocycles. The highest BCUT2D eigenvalue weighted by Gasteiger charge is 2.25. The predicted molar refractivity (Wildman–Crippen MR) is 552 cm³/mol. The van der Waals surface area contributed by atoms with Crippen molar-refractivity contribution in [2.45, 2.75) is 0 Å². The van der Waals surface area contributed by atoms with Crippen LogP contribution in [0.5, 0.6) is 0 Å². The SMILES string of the molecule is c1ccc(-c2c3ccccc3c(-c3ccc(-c4ccc5ccccc5c4)c4ccccc34)c3ccccc23)cc1.c1ccc(-c2cc(-c3ccccc3)cc(-c3c4ccccc4c(-c4cc5ccccc5c5ccccc45)c4ccccc34)c2)cc1.c1ccc(-c2cc(-c3ccccc3)cc(-c3c4ccccc4c(-c4cccc5ccccc45)c4ccccc34)c2)cc1. The van der Waals surface area contributed by atoms with E-state index in [2.05, 4.69) is 510 Å². The molecule has 0 heterocycles. The van der Waals surface area contributed by atoms with Crippen LogP contribution in [0.25, 0.3) is 241 Å². The normalized spacial score (nSPS) is 11.4. The lowest BCUT2D eigenvalue weighted by molar-refractivity contribution is 1.58. The molecule has 0 unspecified atom stereocenters. The van der Waals surface area contributed by atoms with Crippen molar-refractivity contribution >= 4 is 118 Å². The van der Waals surface area contributed by atoms with Crippen molar-refractivity contribution in [3.8, 4) is 122 Å². The summed E-state index contributed by atoms with van der Waals surface area (Å²) in [6.07, 6.45) is 0. The molecule has 25 rings (SSSR count). The number of hydrogen-bond acceptors (Lipinski definition) is 0. The summed E-state index contributed by atoms with van der Waals surface area (Å²) in [5.41, 5.74) is 27.5. The van der Waals surface area contributed by atoms with Crippen molar-refractivity contribution in [3.05, 3.63) is 510 Å². The molecular formula is C128H84. The van der Waals surface area contributed by atoms with E-state index in [0.717, 1.165) is 0 Å². The van der Waals surface area contributed by atoms with E-state index in [1.165, 1.54) is 241 Å². The lowest BCUT2D eigenvalue weighted by Gasteiger charge is -2.20. The molecule has 0 bridgehead atoms. The second-order valence-corrected chi connectivity index (χ2v) is 33.4. The number of benzene rings is 25. The van der Waals surface area contributed by atoms with E-state index in [1.54, 1.807) is 0 Å². The first-order valence-corrected chi connectivity index (χ1v) is 44.3. The molecule has 0 amide bonds. The summed E-state index contributed by atoms with van der Waals surface area (Å²) in [5.74, 6) is 0. The Morgan fingerprint density at radius 1 is 0.0781 bits per heavy atom. The molecule has 0 aliphatic heterocycles. The molecule has 0 N–H and O–H groups in total. The van der Waals surface area contributed by atoms with Crippen LogP contribution < -0.4 is 0 Å². The van der Waals surface area contributed by atoms with Gasteiger partial charge in [0.1, 0.15) is 0 Å². The fourth-order valence-corrected chi connectivity index (χ4v) is 20.4. The summed E-state index contributed by atoms with van der Waals surface area (Å²) in [4.78, 5) is 0. The van der Waals surface area contributed by atoms with Crippen LogP contribution in [-0.2, 0) is 0 Å².